The van der Waals surface area contributed by atoms with E-state index >= 15 is 0 Å². The molecule has 3 N–H and O–H groups in total. The molecule has 3 heterocycles. The minimum Gasteiger partial charge on any atom is -0.364 e. The second-order valence-corrected chi connectivity index (χ2v) is 4.37. The molecule has 8 nitrogen and oxygen atoms in total. The molecule has 1 amide bonds. The van der Waals surface area contributed by atoms with Crippen LogP contribution in [0.4, 0.5) is 0 Å². The number of fused-ring (bicyclic) bond motifs is 1. The van der Waals surface area contributed by atoms with Crippen LogP contribution in [0.1, 0.15) is 17.4 Å². The lowest BCUT2D eigenvalue weighted by Crippen LogP contribution is -2.15. The Morgan fingerprint density at radius 2 is 2.24 bits per heavy atom. The maximum absolute atomic E-state index is 11.9. The zero-order chi connectivity index (χ0) is 15.0. The second-order valence-electron chi connectivity index (χ2n) is 4.37. The minimum absolute atomic E-state index is 0.0110. The molecule has 21 heavy (non-hydrogen) atoms. The van der Waals surface area contributed by atoms with Gasteiger partial charge < -0.3 is 10.7 Å². The Kier molecular flexibility index (Phi) is 2.98. The summed E-state index contributed by atoms with van der Waals surface area (Å²) >= 11 is 0. The van der Waals surface area contributed by atoms with E-state index in [0.29, 0.717) is 23.6 Å². The Balaban J connectivity index is 2.38. The summed E-state index contributed by atoms with van der Waals surface area (Å²) in [6.45, 7) is 2.23. The Morgan fingerprint density at radius 3 is 2.86 bits per heavy atom. The van der Waals surface area contributed by atoms with Gasteiger partial charge in [-0.2, -0.15) is 0 Å². The van der Waals surface area contributed by atoms with Gasteiger partial charge >= 0.3 is 5.69 Å². The summed E-state index contributed by atoms with van der Waals surface area (Å²) in [7, 11) is 0. The molecule has 0 aliphatic rings. The van der Waals surface area contributed by atoms with E-state index in [2.05, 4.69) is 19.9 Å². The van der Waals surface area contributed by atoms with Gasteiger partial charge in [0.25, 0.3) is 5.91 Å². The number of nitrogens with zero attached hydrogens (tertiary/aromatic N) is 4. The molecular weight excluding hydrogens is 272 g/mol. The van der Waals surface area contributed by atoms with Crippen LogP contribution >= 0.6 is 0 Å². The molecule has 0 spiro atoms. The number of rotatable bonds is 3. The van der Waals surface area contributed by atoms with E-state index in [-0.39, 0.29) is 16.9 Å². The van der Waals surface area contributed by atoms with Crippen molar-refractivity contribution in [1.82, 2.24) is 24.5 Å². The van der Waals surface area contributed by atoms with Gasteiger partial charge in [-0.3, -0.25) is 14.3 Å². The first kappa shape index (κ1) is 13.0. The zero-order valence-electron chi connectivity index (χ0n) is 11.2. The van der Waals surface area contributed by atoms with Crippen LogP contribution in [0.25, 0.3) is 22.6 Å². The van der Waals surface area contributed by atoms with Crippen LogP contribution in [-0.2, 0) is 6.54 Å². The van der Waals surface area contributed by atoms with Crippen molar-refractivity contribution in [2.75, 3.05) is 0 Å². The van der Waals surface area contributed by atoms with E-state index in [1.54, 1.807) is 24.5 Å². The predicted molar refractivity (Wildman–Crippen MR) is 75.6 cm³/mol. The first-order valence-corrected chi connectivity index (χ1v) is 6.32. The third-order valence-electron chi connectivity index (χ3n) is 3.09. The fourth-order valence-electron chi connectivity index (χ4n) is 2.13. The van der Waals surface area contributed by atoms with Gasteiger partial charge in [0, 0.05) is 24.5 Å². The number of aromatic amines is 1. The van der Waals surface area contributed by atoms with Crippen LogP contribution in [-0.4, -0.2) is 30.4 Å². The number of hydrogen-bond donors (Lipinski definition) is 2. The maximum atomic E-state index is 11.9. The average Bonchev–Trinajstić information content (AvgIpc) is 2.82. The van der Waals surface area contributed by atoms with Crippen LogP contribution in [0.3, 0.4) is 0 Å². The van der Waals surface area contributed by atoms with Crippen LogP contribution < -0.4 is 11.4 Å². The fourth-order valence-corrected chi connectivity index (χ4v) is 2.13. The molecule has 8 heteroatoms. The van der Waals surface area contributed by atoms with Gasteiger partial charge in [-0.05, 0) is 19.1 Å². The van der Waals surface area contributed by atoms with E-state index in [1.807, 2.05) is 6.92 Å². The number of pyridine rings is 1. The number of hydrogen-bond acceptors (Lipinski definition) is 5. The Bertz CT molecular complexity index is 881. The molecule has 0 aliphatic carbocycles. The zero-order valence-corrected chi connectivity index (χ0v) is 11.2. The molecule has 0 saturated carbocycles. The van der Waals surface area contributed by atoms with Crippen LogP contribution in [0, 0.1) is 0 Å². The summed E-state index contributed by atoms with van der Waals surface area (Å²) in [6.07, 6.45) is 3.20. The molecule has 0 radical (unpaired) electrons. The number of carbonyl (C=O) groups excluding carboxylic acids is 1. The summed E-state index contributed by atoms with van der Waals surface area (Å²) in [5, 5.41) is 0. The van der Waals surface area contributed by atoms with Crippen LogP contribution in [0.5, 0.6) is 0 Å². The van der Waals surface area contributed by atoms with Gasteiger partial charge in [-0.25, -0.2) is 14.8 Å². The largest absolute Gasteiger partial charge is 0.364 e. The standard InChI is InChI=1S/C13H12N6O2/c1-2-19-12-9(17-13(19)21)8(10(14)20)16-11(18-12)7-4-3-5-15-6-7/h3-6H,2H2,1H3,(H2,14,20)(H,17,21). The molecule has 106 valence electrons. The maximum Gasteiger partial charge on any atom is 0.327 e. The fraction of sp³-hybridized carbons (Fsp3) is 0.154. The van der Waals surface area contributed by atoms with Gasteiger partial charge in [0.2, 0.25) is 0 Å². The van der Waals surface area contributed by atoms with Crippen molar-refractivity contribution in [3.63, 3.8) is 0 Å². The highest BCUT2D eigenvalue weighted by atomic mass is 16.2. The summed E-state index contributed by atoms with van der Waals surface area (Å²) < 4.78 is 1.42. The Morgan fingerprint density at radius 1 is 1.43 bits per heavy atom. The number of amides is 1. The number of primary amides is 1. The van der Waals surface area contributed by atoms with E-state index < -0.39 is 5.91 Å². The highest BCUT2D eigenvalue weighted by Crippen LogP contribution is 2.19. The minimum atomic E-state index is -0.725. The van der Waals surface area contributed by atoms with Crippen LogP contribution in [0.15, 0.2) is 29.3 Å². The molecule has 0 unspecified atom stereocenters. The molecule has 0 fully saturated rings. The SMILES string of the molecule is CCn1c(=O)[nH]c2c(C(N)=O)nc(-c3cccnc3)nc21. The van der Waals surface area contributed by atoms with Gasteiger partial charge in [0.05, 0.1) is 0 Å². The van der Waals surface area contributed by atoms with Crippen molar-refractivity contribution in [2.24, 2.45) is 5.73 Å². The number of imidazole rings is 1. The molecule has 0 atom stereocenters. The van der Waals surface area contributed by atoms with Crippen molar-refractivity contribution in [3.8, 4) is 11.4 Å². The molecule has 0 saturated heterocycles. The lowest BCUT2D eigenvalue weighted by atomic mass is 10.2. The van der Waals surface area contributed by atoms with Crippen molar-refractivity contribution >= 4 is 17.1 Å². The number of aryl methyl sites for hydroxylation is 1. The number of nitrogens with two attached hydrogens (primary N) is 1. The van der Waals surface area contributed by atoms with E-state index in [0.717, 1.165) is 0 Å². The molecule has 0 aromatic carbocycles. The van der Waals surface area contributed by atoms with Crippen molar-refractivity contribution in [2.45, 2.75) is 13.5 Å². The van der Waals surface area contributed by atoms with E-state index in [1.165, 1.54) is 4.57 Å². The quantitative estimate of drug-likeness (QED) is 0.716. The van der Waals surface area contributed by atoms with Crippen LogP contribution in [0.2, 0.25) is 0 Å². The van der Waals surface area contributed by atoms with Gasteiger partial charge in [0.15, 0.2) is 17.2 Å². The topological polar surface area (TPSA) is 120 Å². The first-order valence-electron chi connectivity index (χ1n) is 6.32. The lowest BCUT2D eigenvalue weighted by Gasteiger charge is -2.04. The van der Waals surface area contributed by atoms with E-state index in [9.17, 15) is 9.59 Å². The first-order chi connectivity index (χ1) is 10.1. The molecular formula is C13H12N6O2. The summed E-state index contributed by atoms with van der Waals surface area (Å²) in [5.41, 5.74) is 6.23. The second kappa shape index (κ2) is 4.82. The smallest absolute Gasteiger partial charge is 0.327 e. The lowest BCUT2D eigenvalue weighted by molar-refractivity contribution is 0.0997. The van der Waals surface area contributed by atoms with Gasteiger partial charge in [-0.15, -0.1) is 0 Å². The van der Waals surface area contributed by atoms with Crippen molar-refractivity contribution in [1.29, 1.82) is 0 Å². The summed E-state index contributed by atoms with van der Waals surface area (Å²) in [6, 6.07) is 3.50. The Hall–Kier alpha value is -3.03. The third-order valence-corrected chi connectivity index (χ3v) is 3.09. The van der Waals surface area contributed by atoms with Crippen molar-refractivity contribution in [3.05, 3.63) is 40.7 Å². The molecule has 3 aromatic heterocycles. The Labute approximate surface area is 118 Å². The number of H-pyrrole nitrogens is 1. The normalized spacial score (nSPS) is 10.9. The average molecular weight is 284 g/mol. The van der Waals surface area contributed by atoms with E-state index in [4.69, 9.17) is 5.73 Å². The van der Waals surface area contributed by atoms with Gasteiger partial charge in [0.1, 0.15) is 5.52 Å². The number of carbonyl (C=O) groups is 1. The highest BCUT2D eigenvalue weighted by Gasteiger charge is 2.18. The molecule has 3 rings (SSSR count). The number of aromatic nitrogens is 5. The van der Waals surface area contributed by atoms with Crippen molar-refractivity contribution < 1.29 is 4.79 Å². The predicted octanol–water partition coefficient (Wildman–Crippen LogP) is 0.300. The molecule has 3 aromatic rings. The monoisotopic (exact) mass is 284 g/mol. The third kappa shape index (κ3) is 2.06. The van der Waals surface area contributed by atoms with Gasteiger partial charge in [-0.1, -0.05) is 0 Å². The molecule has 0 bridgehead atoms. The molecule has 0 aliphatic heterocycles. The summed E-state index contributed by atoms with van der Waals surface area (Å²) in [4.78, 5) is 38.5. The summed E-state index contributed by atoms with van der Waals surface area (Å²) in [5.74, 6) is -0.428. The highest BCUT2D eigenvalue weighted by molar-refractivity contribution is 6.01. The number of nitrogens with one attached hydrogen (secondary N) is 1.